The minimum Gasteiger partial charge on any atom is -0.318 e. The van der Waals surface area contributed by atoms with Crippen LogP contribution in [0.5, 0.6) is 0 Å². The molecule has 0 bridgehead atoms. The molecule has 0 aliphatic heterocycles. The van der Waals surface area contributed by atoms with Crippen LogP contribution in [0, 0.1) is 19.7 Å². The van der Waals surface area contributed by atoms with E-state index in [1.807, 2.05) is 31.2 Å². The topological polar surface area (TPSA) is 64.0 Å². The van der Waals surface area contributed by atoms with E-state index in [9.17, 15) is 14.0 Å². The zero-order valence-corrected chi connectivity index (χ0v) is 14.8. The largest absolute Gasteiger partial charge is 0.318 e. The van der Waals surface area contributed by atoms with Crippen LogP contribution in [0.15, 0.2) is 53.3 Å². The highest BCUT2D eigenvalue weighted by molar-refractivity contribution is 6.31. The summed E-state index contributed by atoms with van der Waals surface area (Å²) in [5.41, 5.74) is 1.34. The summed E-state index contributed by atoms with van der Waals surface area (Å²) in [7, 11) is 0. The van der Waals surface area contributed by atoms with Crippen molar-refractivity contribution >= 4 is 23.2 Å². The van der Waals surface area contributed by atoms with Crippen LogP contribution in [-0.4, -0.2) is 15.7 Å². The second kappa shape index (κ2) is 7.09. The Morgan fingerprint density at radius 2 is 1.85 bits per heavy atom. The number of anilines is 1. The molecular formula is C19H15ClFN3O2. The van der Waals surface area contributed by atoms with Gasteiger partial charge in [-0.2, -0.15) is 5.10 Å². The van der Waals surface area contributed by atoms with Gasteiger partial charge in [0.05, 0.1) is 16.4 Å². The number of carbonyl (C=O) groups is 1. The quantitative estimate of drug-likeness (QED) is 0.759. The summed E-state index contributed by atoms with van der Waals surface area (Å²) in [6.45, 7) is 3.67. The first-order valence-corrected chi connectivity index (χ1v) is 8.18. The molecule has 0 aliphatic rings. The molecule has 0 fully saturated rings. The molecule has 0 spiro atoms. The molecule has 1 aromatic heterocycles. The molecule has 0 radical (unpaired) electrons. The zero-order chi connectivity index (χ0) is 18.8. The Morgan fingerprint density at radius 3 is 2.54 bits per heavy atom. The Bertz CT molecular complexity index is 1050. The fraction of sp³-hybridized carbons (Fsp3) is 0.105. The Morgan fingerprint density at radius 1 is 1.15 bits per heavy atom. The number of carbonyl (C=O) groups excluding carboxylic acids is 1. The van der Waals surface area contributed by atoms with Gasteiger partial charge in [0.25, 0.3) is 5.91 Å². The second-order valence-corrected chi connectivity index (χ2v) is 6.21. The monoisotopic (exact) mass is 371 g/mol. The van der Waals surface area contributed by atoms with Gasteiger partial charge in [0.15, 0.2) is 11.5 Å². The van der Waals surface area contributed by atoms with Crippen molar-refractivity contribution in [1.82, 2.24) is 9.78 Å². The van der Waals surface area contributed by atoms with E-state index in [0.717, 1.165) is 5.56 Å². The SMILES string of the molecule is Cc1ccc(-n2nc(C(=O)Nc3cccc(Cl)c3F)c(=O)cc2C)cc1. The molecule has 3 rings (SSSR count). The Hall–Kier alpha value is -2.99. The van der Waals surface area contributed by atoms with Gasteiger partial charge in [-0.1, -0.05) is 35.4 Å². The highest BCUT2D eigenvalue weighted by Gasteiger charge is 2.17. The molecule has 5 nitrogen and oxygen atoms in total. The van der Waals surface area contributed by atoms with Crippen LogP contribution >= 0.6 is 11.6 Å². The van der Waals surface area contributed by atoms with E-state index < -0.39 is 17.2 Å². The number of amides is 1. The molecule has 132 valence electrons. The van der Waals surface area contributed by atoms with Gasteiger partial charge in [-0.3, -0.25) is 9.59 Å². The maximum Gasteiger partial charge on any atom is 0.280 e. The van der Waals surface area contributed by atoms with Crippen LogP contribution in [0.3, 0.4) is 0 Å². The number of nitrogens with zero attached hydrogens (tertiary/aromatic N) is 2. The molecule has 1 amide bonds. The lowest BCUT2D eigenvalue weighted by atomic mass is 10.2. The average Bonchev–Trinajstić information content (AvgIpc) is 2.60. The molecular weight excluding hydrogens is 357 g/mol. The minimum absolute atomic E-state index is 0.119. The van der Waals surface area contributed by atoms with Crippen molar-refractivity contribution in [1.29, 1.82) is 0 Å². The Kier molecular flexibility index (Phi) is 4.86. The number of halogens is 2. The van der Waals surface area contributed by atoms with Gasteiger partial charge in [0, 0.05) is 11.8 Å². The maximum atomic E-state index is 14.0. The van der Waals surface area contributed by atoms with E-state index in [-0.39, 0.29) is 16.4 Å². The molecule has 0 unspecified atom stereocenters. The molecule has 7 heteroatoms. The number of aromatic nitrogens is 2. The average molecular weight is 372 g/mol. The molecule has 0 saturated carbocycles. The summed E-state index contributed by atoms with van der Waals surface area (Å²) in [6, 6.07) is 13.0. The lowest BCUT2D eigenvalue weighted by Crippen LogP contribution is -2.27. The van der Waals surface area contributed by atoms with Gasteiger partial charge in [-0.25, -0.2) is 9.07 Å². The van der Waals surface area contributed by atoms with Crippen LogP contribution in [0.25, 0.3) is 5.69 Å². The lowest BCUT2D eigenvalue weighted by molar-refractivity contribution is 0.101. The molecule has 0 atom stereocenters. The third-order valence-corrected chi connectivity index (χ3v) is 4.09. The van der Waals surface area contributed by atoms with Crippen LogP contribution in [0.4, 0.5) is 10.1 Å². The van der Waals surface area contributed by atoms with Gasteiger partial charge in [-0.15, -0.1) is 0 Å². The van der Waals surface area contributed by atoms with Gasteiger partial charge in [0.2, 0.25) is 5.43 Å². The lowest BCUT2D eigenvalue weighted by Gasteiger charge is -2.12. The molecule has 0 saturated heterocycles. The van der Waals surface area contributed by atoms with Crippen LogP contribution in [-0.2, 0) is 0 Å². The minimum atomic E-state index is -0.808. The van der Waals surface area contributed by atoms with Gasteiger partial charge >= 0.3 is 0 Å². The first-order valence-electron chi connectivity index (χ1n) is 7.80. The summed E-state index contributed by atoms with van der Waals surface area (Å²) in [5, 5.41) is 6.37. The zero-order valence-electron chi connectivity index (χ0n) is 14.1. The van der Waals surface area contributed by atoms with Crippen molar-refractivity contribution in [2.75, 3.05) is 5.32 Å². The van der Waals surface area contributed by atoms with Crippen molar-refractivity contribution < 1.29 is 9.18 Å². The smallest absolute Gasteiger partial charge is 0.280 e. The normalized spacial score (nSPS) is 10.6. The molecule has 3 aromatic rings. The van der Waals surface area contributed by atoms with E-state index in [2.05, 4.69) is 10.4 Å². The number of rotatable bonds is 3. The van der Waals surface area contributed by atoms with E-state index >= 15 is 0 Å². The Labute approximate surface area is 154 Å². The number of nitrogens with one attached hydrogen (secondary N) is 1. The number of hydrogen-bond acceptors (Lipinski definition) is 3. The maximum absolute atomic E-state index is 14.0. The standard InChI is InChI=1S/C19H15ClFN3O2/c1-11-6-8-13(9-7-11)24-12(2)10-16(25)18(23-24)19(26)22-15-5-3-4-14(20)17(15)21/h3-10H,1-2H3,(H,22,26). The van der Waals surface area contributed by atoms with Crippen molar-refractivity contribution in [2.24, 2.45) is 0 Å². The van der Waals surface area contributed by atoms with Crippen LogP contribution in [0.2, 0.25) is 5.02 Å². The molecule has 26 heavy (non-hydrogen) atoms. The van der Waals surface area contributed by atoms with Gasteiger partial charge < -0.3 is 5.32 Å². The Balaban J connectivity index is 2.00. The molecule has 2 aromatic carbocycles. The fourth-order valence-corrected chi connectivity index (χ4v) is 2.61. The van der Waals surface area contributed by atoms with Gasteiger partial charge in [-0.05, 0) is 38.1 Å². The summed E-state index contributed by atoms with van der Waals surface area (Å²) in [6.07, 6.45) is 0. The summed E-state index contributed by atoms with van der Waals surface area (Å²) in [5.74, 6) is -1.58. The van der Waals surface area contributed by atoms with E-state index in [0.29, 0.717) is 11.4 Å². The van der Waals surface area contributed by atoms with E-state index in [1.165, 1.54) is 28.9 Å². The highest BCUT2D eigenvalue weighted by atomic mass is 35.5. The van der Waals surface area contributed by atoms with E-state index in [1.54, 1.807) is 6.92 Å². The first-order chi connectivity index (χ1) is 12.4. The second-order valence-electron chi connectivity index (χ2n) is 5.80. The third kappa shape index (κ3) is 3.50. The van der Waals surface area contributed by atoms with Crippen molar-refractivity contribution in [3.05, 3.63) is 86.5 Å². The number of hydrogen-bond donors (Lipinski definition) is 1. The first kappa shape index (κ1) is 17.8. The predicted molar refractivity (Wildman–Crippen MR) is 98.7 cm³/mol. The number of benzene rings is 2. The van der Waals surface area contributed by atoms with Crippen LogP contribution in [0.1, 0.15) is 21.7 Å². The van der Waals surface area contributed by atoms with Crippen molar-refractivity contribution in [3.63, 3.8) is 0 Å². The van der Waals surface area contributed by atoms with Crippen molar-refractivity contribution in [3.8, 4) is 5.69 Å². The summed E-state index contributed by atoms with van der Waals surface area (Å²) >= 11 is 5.71. The summed E-state index contributed by atoms with van der Waals surface area (Å²) in [4.78, 5) is 24.7. The van der Waals surface area contributed by atoms with E-state index in [4.69, 9.17) is 11.6 Å². The molecule has 0 aliphatic carbocycles. The van der Waals surface area contributed by atoms with Crippen LogP contribution < -0.4 is 10.7 Å². The van der Waals surface area contributed by atoms with Crippen molar-refractivity contribution in [2.45, 2.75) is 13.8 Å². The molecule has 1 N–H and O–H groups in total. The third-order valence-electron chi connectivity index (χ3n) is 3.80. The summed E-state index contributed by atoms with van der Waals surface area (Å²) < 4.78 is 15.5. The fourth-order valence-electron chi connectivity index (χ4n) is 2.43. The highest BCUT2D eigenvalue weighted by Crippen LogP contribution is 2.22. The number of aryl methyl sites for hydroxylation is 2. The molecule has 1 heterocycles. The van der Waals surface area contributed by atoms with Gasteiger partial charge in [0.1, 0.15) is 0 Å². The predicted octanol–water partition coefficient (Wildman–Crippen LogP) is 3.89.